The van der Waals surface area contributed by atoms with Crippen LogP contribution in [-0.4, -0.2) is 35.9 Å². The number of ether oxygens (including phenoxy) is 3. The van der Waals surface area contributed by atoms with E-state index in [0.29, 0.717) is 44.2 Å². The van der Waals surface area contributed by atoms with Crippen LogP contribution >= 0.6 is 11.3 Å². The largest absolute Gasteiger partial charge is 0.493 e. The van der Waals surface area contributed by atoms with Crippen molar-refractivity contribution in [3.8, 4) is 11.5 Å². The number of esters is 1. The summed E-state index contributed by atoms with van der Waals surface area (Å²) >= 11 is 1.26. The van der Waals surface area contributed by atoms with E-state index in [-0.39, 0.29) is 23.6 Å². The Kier molecular flexibility index (Phi) is 8.95. The van der Waals surface area contributed by atoms with E-state index in [0.717, 1.165) is 27.7 Å². The molecule has 0 bridgehead atoms. The van der Waals surface area contributed by atoms with Gasteiger partial charge in [-0.3, -0.25) is 9.36 Å². The molecule has 50 heavy (non-hydrogen) atoms. The molecule has 0 unspecified atom stereocenters. The smallest absolute Gasteiger partial charge is 0.338 e. The summed E-state index contributed by atoms with van der Waals surface area (Å²) in [6.45, 7) is 4.42. The first-order valence-corrected chi connectivity index (χ1v) is 17.0. The molecule has 1 aliphatic heterocycles. The third-order valence-corrected chi connectivity index (χ3v) is 9.89. The number of thiazole rings is 1. The number of hydrogen-bond acceptors (Lipinski definition) is 7. The SMILES string of the molecule is CCOC(=O)C1=C(c2ccccc2)N=c2s/c(=C\c3c(C)n(Cc4ccc(F)cc4)c4ccccc34)c(=O)n2[C@@H]1c1cccc(OC)c1OC. The maximum absolute atomic E-state index is 14.7. The molecule has 10 heteroatoms. The van der Waals surface area contributed by atoms with E-state index < -0.39 is 12.0 Å². The Bertz CT molecular complexity index is 2460. The summed E-state index contributed by atoms with van der Waals surface area (Å²) in [7, 11) is 3.07. The Morgan fingerprint density at radius 1 is 0.940 bits per heavy atom. The Labute approximate surface area is 291 Å². The Morgan fingerprint density at radius 3 is 2.40 bits per heavy atom. The number of halogens is 1. The third kappa shape index (κ3) is 5.71. The second-order valence-electron chi connectivity index (χ2n) is 11.7. The summed E-state index contributed by atoms with van der Waals surface area (Å²) < 4.78 is 35.0. The molecule has 0 saturated carbocycles. The van der Waals surface area contributed by atoms with Crippen LogP contribution in [0.5, 0.6) is 11.5 Å². The molecule has 8 nitrogen and oxygen atoms in total. The molecule has 4 aromatic carbocycles. The molecule has 252 valence electrons. The fraction of sp³-hybridized carbons (Fsp3) is 0.175. The number of carbonyl (C=O) groups is 1. The van der Waals surface area contributed by atoms with Crippen molar-refractivity contribution in [1.29, 1.82) is 0 Å². The van der Waals surface area contributed by atoms with E-state index in [4.69, 9.17) is 19.2 Å². The molecule has 1 atom stereocenters. The number of benzene rings is 4. The summed E-state index contributed by atoms with van der Waals surface area (Å²) in [6, 6.07) is 28.3. The van der Waals surface area contributed by atoms with Gasteiger partial charge in [0.05, 0.1) is 36.6 Å². The van der Waals surface area contributed by atoms with Crippen molar-refractivity contribution in [1.82, 2.24) is 9.13 Å². The number of hydrogen-bond donors (Lipinski definition) is 0. The van der Waals surface area contributed by atoms with Crippen LogP contribution in [0.15, 0.2) is 112 Å². The summed E-state index contributed by atoms with van der Waals surface area (Å²) in [5, 5.41) is 0.973. The van der Waals surface area contributed by atoms with E-state index in [1.165, 1.54) is 30.6 Å². The lowest BCUT2D eigenvalue weighted by Gasteiger charge is -2.27. The number of carbonyl (C=O) groups excluding carboxylic acids is 1. The summed E-state index contributed by atoms with van der Waals surface area (Å²) in [6.07, 6.45) is 1.90. The number of para-hydroxylation sites is 2. The molecule has 0 saturated heterocycles. The molecule has 0 N–H and O–H groups in total. The Balaban J connectivity index is 1.50. The van der Waals surface area contributed by atoms with Crippen molar-refractivity contribution in [3.05, 3.63) is 156 Å². The monoisotopic (exact) mass is 687 g/mol. The molecule has 3 heterocycles. The van der Waals surface area contributed by atoms with Gasteiger partial charge >= 0.3 is 5.97 Å². The van der Waals surface area contributed by atoms with E-state index >= 15 is 0 Å². The zero-order chi connectivity index (χ0) is 34.9. The molecule has 2 aromatic heterocycles. The topological polar surface area (TPSA) is 84.1 Å². The highest BCUT2D eigenvalue weighted by atomic mass is 32.1. The van der Waals surface area contributed by atoms with Gasteiger partial charge in [0, 0.05) is 39.8 Å². The molecule has 7 rings (SSSR count). The molecular weight excluding hydrogens is 654 g/mol. The maximum Gasteiger partial charge on any atom is 0.338 e. The highest BCUT2D eigenvalue weighted by Crippen LogP contribution is 2.42. The lowest BCUT2D eigenvalue weighted by atomic mass is 9.92. The molecule has 6 aromatic rings. The number of aromatic nitrogens is 2. The number of methoxy groups -OCH3 is 2. The van der Waals surface area contributed by atoms with Crippen LogP contribution in [0, 0.1) is 12.7 Å². The minimum absolute atomic E-state index is 0.137. The van der Waals surface area contributed by atoms with E-state index in [2.05, 4.69) is 4.57 Å². The van der Waals surface area contributed by atoms with Crippen molar-refractivity contribution in [2.24, 2.45) is 4.99 Å². The lowest BCUT2D eigenvalue weighted by Crippen LogP contribution is -2.40. The second-order valence-corrected chi connectivity index (χ2v) is 12.8. The van der Waals surface area contributed by atoms with E-state index in [9.17, 15) is 14.0 Å². The average molecular weight is 688 g/mol. The van der Waals surface area contributed by atoms with Crippen LogP contribution < -0.4 is 24.4 Å². The minimum Gasteiger partial charge on any atom is -0.493 e. The van der Waals surface area contributed by atoms with Gasteiger partial charge in [0.15, 0.2) is 16.3 Å². The first-order valence-electron chi connectivity index (χ1n) is 16.2. The van der Waals surface area contributed by atoms with Gasteiger partial charge in [-0.15, -0.1) is 0 Å². The first kappa shape index (κ1) is 32.8. The van der Waals surface area contributed by atoms with Gasteiger partial charge in [0.2, 0.25) is 0 Å². The zero-order valence-corrected chi connectivity index (χ0v) is 28.8. The minimum atomic E-state index is -0.936. The van der Waals surface area contributed by atoms with Gasteiger partial charge in [-0.1, -0.05) is 84.1 Å². The summed E-state index contributed by atoms with van der Waals surface area (Å²) in [5.74, 6) is -0.0205. The van der Waals surface area contributed by atoms with Crippen molar-refractivity contribution in [3.63, 3.8) is 0 Å². The zero-order valence-electron chi connectivity index (χ0n) is 28.0. The third-order valence-electron chi connectivity index (χ3n) is 8.91. The maximum atomic E-state index is 14.7. The molecule has 0 amide bonds. The van der Waals surface area contributed by atoms with Gasteiger partial charge in [-0.25, -0.2) is 14.2 Å². The molecular formula is C40H34FN3O5S. The highest BCUT2D eigenvalue weighted by Gasteiger charge is 2.37. The van der Waals surface area contributed by atoms with Crippen molar-refractivity contribution in [2.75, 3.05) is 20.8 Å². The predicted octanol–water partition coefficient (Wildman–Crippen LogP) is 6.40. The quantitative estimate of drug-likeness (QED) is 0.164. The highest BCUT2D eigenvalue weighted by molar-refractivity contribution is 7.07. The summed E-state index contributed by atoms with van der Waals surface area (Å²) in [4.78, 5) is 34.0. The van der Waals surface area contributed by atoms with E-state index in [1.54, 1.807) is 42.9 Å². The normalized spacial score (nSPS) is 14.4. The van der Waals surface area contributed by atoms with Crippen LogP contribution in [-0.2, 0) is 16.1 Å². The van der Waals surface area contributed by atoms with Crippen LogP contribution in [0.3, 0.4) is 0 Å². The van der Waals surface area contributed by atoms with Gasteiger partial charge in [-0.05, 0) is 49.8 Å². The number of nitrogens with zero attached hydrogens (tertiary/aromatic N) is 3. The van der Waals surface area contributed by atoms with Gasteiger partial charge < -0.3 is 18.8 Å². The van der Waals surface area contributed by atoms with Crippen LogP contribution in [0.2, 0.25) is 0 Å². The summed E-state index contributed by atoms with van der Waals surface area (Å²) in [5.41, 5.74) is 5.36. The van der Waals surface area contributed by atoms with Gasteiger partial charge in [0.1, 0.15) is 11.9 Å². The average Bonchev–Trinajstić information content (AvgIpc) is 3.60. The molecule has 0 fully saturated rings. The number of rotatable bonds is 9. The van der Waals surface area contributed by atoms with Crippen molar-refractivity contribution >= 4 is 40.0 Å². The predicted molar refractivity (Wildman–Crippen MR) is 193 cm³/mol. The lowest BCUT2D eigenvalue weighted by molar-refractivity contribution is -0.138. The van der Waals surface area contributed by atoms with Crippen molar-refractivity contribution < 1.29 is 23.4 Å². The molecule has 0 radical (unpaired) electrons. The van der Waals surface area contributed by atoms with Gasteiger partial charge in [-0.2, -0.15) is 0 Å². The number of fused-ring (bicyclic) bond motifs is 2. The Morgan fingerprint density at radius 2 is 1.68 bits per heavy atom. The fourth-order valence-electron chi connectivity index (χ4n) is 6.61. The molecule has 1 aliphatic rings. The van der Waals surface area contributed by atoms with Crippen LogP contribution in [0.25, 0.3) is 22.7 Å². The van der Waals surface area contributed by atoms with Crippen LogP contribution in [0.4, 0.5) is 4.39 Å². The van der Waals surface area contributed by atoms with Crippen molar-refractivity contribution in [2.45, 2.75) is 26.4 Å². The van der Waals surface area contributed by atoms with Gasteiger partial charge in [0.25, 0.3) is 5.56 Å². The first-order chi connectivity index (χ1) is 24.3. The molecule has 0 spiro atoms. The molecule has 0 aliphatic carbocycles. The Hall–Kier alpha value is -5.74. The fourth-order valence-corrected chi connectivity index (χ4v) is 7.59. The van der Waals surface area contributed by atoms with E-state index in [1.807, 2.05) is 73.7 Å². The standard InChI is InChI=1S/C40H34FN3O5S/c1-5-49-39(46)34-35(26-12-7-6-8-13-26)42-40-44(36(34)29-15-11-17-32(47-3)37(29)48-4)38(45)33(50-40)22-30-24(2)43(31-16-10-9-14-28(30)31)23-25-18-20-27(41)21-19-25/h6-22,36H,5,23H2,1-4H3/b33-22-/t36-/m1/s1. The second kappa shape index (κ2) is 13.6. The van der Waals surface area contributed by atoms with Crippen LogP contribution in [0.1, 0.15) is 40.9 Å².